The lowest BCUT2D eigenvalue weighted by molar-refractivity contribution is 0.102. The number of carbonyl (C=O) groups excluding carboxylic acids is 1. The van der Waals surface area contributed by atoms with Gasteiger partial charge < -0.3 is 5.32 Å². The van der Waals surface area contributed by atoms with Gasteiger partial charge in [-0.05, 0) is 6.07 Å². The third-order valence-electron chi connectivity index (χ3n) is 1.72. The number of H-pyrrole nitrogens is 1. The molecular formula is C8H5Cl2N5O. The SMILES string of the molecule is O=C(Nc1ncnc(Cl)c1Cl)c1ccn[nH]1. The number of carbonyl (C=O) groups is 1. The van der Waals surface area contributed by atoms with E-state index >= 15 is 0 Å². The summed E-state index contributed by atoms with van der Waals surface area (Å²) < 4.78 is 0. The van der Waals surface area contributed by atoms with E-state index in [1.165, 1.54) is 18.6 Å². The Morgan fingerprint density at radius 3 is 2.88 bits per heavy atom. The van der Waals surface area contributed by atoms with Crippen LogP contribution in [0.3, 0.4) is 0 Å². The largest absolute Gasteiger partial charge is 0.304 e. The van der Waals surface area contributed by atoms with Crippen LogP contribution in [0.1, 0.15) is 10.5 Å². The van der Waals surface area contributed by atoms with E-state index in [9.17, 15) is 4.79 Å². The van der Waals surface area contributed by atoms with E-state index in [1.54, 1.807) is 0 Å². The van der Waals surface area contributed by atoms with E-state index in [0.29, 0.717) is 5.69 Å². The van der Waals surface area contributed by atoms with Gasteiger partial charge in [0.05, 0.1) is 0 Å². The Hall–Kier alpha value is -1.66. The highest BCUT2D eigenvalue weighted by atomic mass is 35.5. The number of hydrogen-bond acceptors (Lipinski definition) is 4. The number of aromatic nitrogens is 4. The minimum Gasteiger partial charge on any atom is -0.304 e. The van der Waals surface area contributed by atoms with Crippen molar-refractivity contribution in [2.75, 3.05) is 5.32 Å². The van der Waals surface area contributed by atoms with Crippen molar-refractivity contribution in [2.24, 2.45) is 0 Å². The van der Waals surface area contributed by atoms with E-state index < -0.39 is 5.91 Å². The highest BCUT2D eigenvalue weighted by Crippen LogP contribution is 2.25. The van der Waals surface area contributed by atoms with Crippen LogP contribution in [0.5, 0.6) is 0 Å². The zero-order valence-electron chi connectivity index (χ0n) is 7.74. The summed E-state index contributed by atoms with van der Waals surface area (Å²) in [7, 11) is 0. The fourth-order valence-electron chi connectivity index (χ4n) is 0.993. The molecule has 82 valence electrons. The second-order valence-electron chi connectivity index (χ2n) is 2.75. The number of nitrogens with zero attached hydrogens (tertiary/aromatic N) is 3. The Morgan fingerprint density at radius 1 is 1.38 bits per heavy atom. The van der Waals surface area contributed by atoms with Crippen LogP contribution in [0.15, 0.2) is 18.6 Å². The molecular weight excluding hydrogens is 253 g/mol. The maximum atomic E-state index is 11.6. The van der Waals surface area contributed by atoms with Crippen LogP contribution in [0, 0.1) is 0 Å². The van der Waals surface area contributed by atoms with Crippen LogP contribution >= 0.6 is 23.2 Å². The van der Waals surface area contributed by atoms with Crippen molar-refractivity contribution in [1.82, 2.24) is 20.2 Å². The zero-order chi connectivity index (χ0) is 11.5. The van der Waals surface area contributed by atoms with E-state index in [4.69, 9.17) is 23.2 Å². The average molecular weight is 258 g/mol. The lowest BCUT2D eigenvalue weighted by Gasteiger charge is -2.04. The van der Waals surface area contributed by atoms with Gasteiger partial charge in [-0.2, -0.15) is 5.10 Å². The third-order valence-corrected chi connectivity index (χ3v) is 2.47. The molecule has 0 bridgehead atoms. The molecule has 2 rings (SSSR count). The molecule has 0 saturated carbocycles. The van der Waals surface area contributed by atoms with Crippen molar-refractivity contribution < 1.29 is 4.79 Å². The lowest BCUT2D eigenvalue weighted by Crippen LogP contribution is -2.14. The van der Waals surface area contributed by atoms with Crippen molar-refractivity contribution >= 4 is 34.9 Å². The van der Waals surface area contributed by atoms with Gasteiger partial charge in [0.25, 0.3) is 5.91 Å². The number of halogens is 2. The van der Waals surface area contributed by atoms with Gasteiger partial charge in [0, 0.05) is 6.20 Å². The lowest BCUT2D eigenvalue weighted by atomic mass is 10.4. The maximum Gasteiger partial charge on any atom is 0.274 e. The molecule has 0 aliphatic carbocycles. The number of anilines is 1. The third kappa shape index (κ3) is 2.12. The fraction of sp³-hybridized carbons (Fsp3) is 0. The smallest absolute Gasteiger partial charge is 0.274 e. The molecule has 0 aliphatic rings. The summed E-state index contributed by atoms with van der Waals surface area (Å²) in [5.41, 5.74) is 0.297. The number of hydrogen-bond donors (Lipinski definition) is 2. The molecule has 0 radical (unpaired) electrons. The topological polar surface area (TPSA) is 83.6 Å². The van der Waals surface area contributed by atoms with E-state index in [-0.39, 0.29) is 16.0 Å². The van der Waals surface area contributed by atoms with Gasteiger partial charge >= 0.3 is 0 Å². The number of aromatic amines is 1. The van der Waals surface area contributed by atoms with Crippen molar-refractivity contribution in [3.05, 3.63) is 34.5 Å². The van der Waals surface area contributed by atoms with Crippen LogP contribution in [0.2, 0.25) is 10.2 Å². The Morgan fingerprint density at radius 2 is 2.19 bits per heavy atom. The van der Waals surface area contributed by atoms with Crippen molar-refractivity contribution in [2.45, 2.75) is 0 Å². The second-order valence-corrected chi connectivity index (χ2v) is 3.49. The van der Waals surface area contributed by atoms with Crippen molar-refractivity contribution in [3.8, 4) is 0 Å². The van der Waals surface area contributed by atoms with Crippen molar-refractivity contribution in [1.29, 1.82) is 0 Å². The molecule has 2 N–H and O–H groups in total. The van der Waals surface area contributed by atoms with Crippen molar-refractivity contribution in [3.63, 3.8) is 0 Å². The molecule has 0 unspecified atom stereocenters. The Balaban J connectivity index is 2.22. The highest BCUT2D eigenvalue weighted by Gasteiger charge is 2.12. The summed E-state index contributed by atoms with van der Waals surface area (Å²) in [6.45, 7) is 0. The first-order valence-corrected chi connectivity index (χ1v) is 4.91. The van der Waals surface area contributed by atoms with Crippen LogP contribution in [0.4, 0.5) is 5.82 Å². The van der Waals surface area contributed by atoms with Gasteiger partial charge in [0.15, 0.2) is 11.0 Å². The first-order valence-electron chi connectivity index (χ1n) is 4.15. The van der Waals surface area contributed by atoms with Crippen LogP contribution in [0.25, 0.3) is 0 Å². The standard InChI is InChI=1S/C8H5Cl2N5O/c9-5-6(10)11-3-12-7(5)14-8(16)4-1-2-13-15-4/h1-3H,(H,13,15)(H,11,12,14,16). The molecule has 0 aromatic carbocycles. The molecule has 8 heteroatoms. The molecule has 16 heavy (non-hydrogen) atoms. The number of amides is 1. The molecule has 2 aromatic heterocycles. The first kappa shape index (κ1) is 10.8. The predicted molar refractivity (Wildman–Crippen MR) is 58.6 cm³/mol. The molecule has 2 aromatic rings. The zero-order valence-corrected chi connectivity index (χ0v) is 9.25. The normalized spacial score (nSPS) is 10.1. The molecule has 0 aliphatic heterocycles. The maximum absolute atomic E-state index is 11.6. The molecule has 0 saturated heterocycles. The quantitative estimate of drug-likeness (QED) is 0.804. The Bertz CT molecular complexity index is 513. The van der Waals surface area contributed by atoms with Gasteiger partial charge in [0.2, 0.25) is 0 Å². The highest BCUT2D eigenvalue weighted by molar-refractivity contribution is 6.43. The van der Waals surface area contributed by atoms with E-state index in [1.807, 2.05) is 0 Å². The average Bonchev–Trinajstić information content (AvgIpc) is 2.78. The van der Waals surface area contributed by atoms with Gasteiger partial charge in [-0.25, -0.2) is 9.97 Å². The minimum atomic E-state index is -0.408. The van der Waals surface area contributed by atoms with Gasteiger partial charge in [-0.15, -0.1) is 0 Å². The summed E-state index contributed by atoms with van der Waals surface area (Å²) in [6, 6.07) is 1.52. The second kappa shape index (κ2) is 4.46. The summed E-state index contributed by atoms with van der Waals surface area (Å²) in [4.78, 5) is 19.0. The van der Waals surface area contributed by atoms with E-state index in [2.05, 4.69) is 25.5 Å². The number of rotatable bonds is 2. The van der Waals surface area contributed by atoms with Crippen LogP contribution in [-0.2, 0) is 0 Å². The first-order chi connectivity index (χ1) is 7.68. The Kier molecular flexibility index (Phi) is 3.02. The van der Waals surface area contributed by atoms with Gasteiger partial charge in [-0.3, -0.25) is 9.89 Å². The Labute approximate surface area is 100 Å². The molecule has 1 amide bonds. The summed E-state index contributed by atoms with van der Waals surface area (Å²) in [5.74, 6) is -0.254. The number of nitrogens with one attached hydrogen (secondary N) is 2. The van der Waals surface area contributed by atoms with Gasteiger partial charge in [-0.1, -0.05) is 23.2 Å². The molecule has 0 atom stereocenters. The molecule has 0 fully saturated rings. The molecule has 6 nitrogen and oxygen atoms in total. The van der Waals surface area contributed by atoms with E-state index in [0.717, 1.165) is 0 Å². The molecule has 0 spiro atoms. The van der Waals surface area contributed by atoms with Crippen LogP contribution < -0.4 is 5.32 Å². The monoisotopic (exact) mass is 257 g/mol. The minimum absolute atomic E-state index is 0.0802. The fourth-order valence-corrected chi connectivity index (χ4v) is 1.27. The summed E-state index contributed by atoms with van der Waals surface area (Å²) >= 11 is 11.5. The molecule has 2 heterocycles. The summed E-state index contributed by atoms with van der Waals surface area (Å²) in [6.07, 6.45) is 2.67. The predicted octanol–water partition coefficient (Wildman–Crippen LogP) is 1.76. The van der Waals surface area contributed by atoms with Gasteiger partial charge in [0.1, 0.15) is 17.0 Å². The van der Waals surface area contributed by atoms with Crippen LogP contribution in [-0.4, -0.2) is 26.1 Å². The summed E-state index contributed by atoms with van der Waals surface area (Å²) in [5, 5.41) is 8.81.